The van der Waals surface area contributed by atoms with Crippen molar-refractivity contribution in [2.45, 2.75) is 38.5 Å². The van der Waals surface area contributed by atoms with Crippen LogP contribution < -0.4 is 0 Å². The molecule has 130 valence electrons. The van der Waals surface area contributed by atoms with Gasteiger partial charge < -0.3 is 0 Å². The molecule has 0 atom stereocenters. The average molecular weight is 348 g/mol. The molecule has 0 rings (SSSR count). The number of carbonyl (C=O) groups excluding carboxylic acids is 1. The number of ketones is 1. The molecule has 0 aromatic carbocycles. The van der Waals surface area contributed by atoms with Gasteiger partial charge in [-0.3, -0.25) is 4.79 Å². The lowest BCUT2D eigenvalue weighted by atomic mass is 10.1. The molecule has 0 aliphatic carbocycles. The number of rotatable bonds is 5. The second-order valence-corrected chi connectivity index (χ2v) is 3.80. The lowest BCUT2D eigenvalue weighted by Gasteiger charge is -2.20. The van der Waals surface area contributed by atoms with Crippen LogP contribution in [0.3, 0.4) is 0 Å². The number of hydrogen-bond acceptors (Lipinski definition) is 1. The van der Waals surface area contributed by atoms with Gasteiger partial charge in [0, 0.05) is 13.3 Å². The second-order valence-electron chi connectivity index (χ2n) is 3.80. The first kappa shape index (κ1) is 22.7. The Morgan fingerprint density at radius 2 is 1.27 bits per heavy atom. The zero-order valence-corrected chi connectivity index (χ0v) is 11.1. The highest BCUT2D eigenvalue weighted by Gasteiger charge is 2.47. The summed E-state index contributed by atoms with van der Waals surface area (Å²) in [6.07, 6.45) is -9.05. The van der Waals surface area contributed by atoms with Crippen molar-refractivity contribution in [3.05, 3.63) is 23.8 Å². The fourth-order valence-corrected chi connectivity index (χ4v) is 0.799. The molecule has 0 radical (unpaired) electrons. The number of carbonyl (C=O) groups is 1. The summed E-state index contributed by atoms with van der Waals surface area (Å²) >= 11 is 0. The van der Waals surface area contributed by atoms with E-state index in [0.29, 0.717) is 0 Å². The first-order chi connectivity index (χ1) is 9.68. The average Bonchev–Trinajstić information content (AvgIpc) is 2.36. The quantitative estimate of drug-likeness (QED) is 0.454. The lowest BCUT2D eigenvalue weighted by Crippen LogP contribution is -2.29. The summed E-state index contributed by atoms with van der Waals surface area (Å²) in [4.78, 5) is 9.67. The number of halogens is 10. The highest BCUT2D eigenvalue weighted by Crippen LogP contribution is 2.39. The number of alkyl halides is 4. The molecule has 0 N–H and O–H groups in total. The van der Waals surface area contributed by atoms with Crippen molar-refractivity contribution >= 4 is 5.78 Å². The summed E-state index contributed by atoms with van der Waals surface area (Å²) < 4.78 is 118. The minimum absolute atomic E-state index is 0.731. The Morgan fingerprint density at radius 1 is 0.864 bits per heavy atom. The highest BCUT2D eigenvalue weighted by molar-refractivity contribution is 5.91. The van der Waals surface area contributed by atoms with E-state index in [0.717, 1.165) is 13.8 Å². The zero-order chi connectivity index (χ0) is 18.3. The fourth-order valence-electron chi connectivity index (χ4n) is 0.799. The molecule has 0 aliphatic rings. The molecule has 0 heterocycles. The zero-order valence-electron chi connectivity index (χ0n) is 11.1. The van der Waals surface area contributed by atoms with Crippen LogP contribution in [0.25, 0.3) is 0 Å². The molecule has 0 bridgehead atoms. The first-order valence-corrected chi connectivity index (χ1v) is 5.36. The van der Waals surface area contributed by atoms with Gasteiger partial charge in [0.15, 0.2) is 5.78 Å². The van der Waals surface area contributed by atoms with Crippen molar-refractivity contribution in [3.63, 3.8) is 0 Å². The molecular formula is C11H10F10O. The van der Waals surface area contributed by atoms with Crippen LogP contribution >= 0.6 is 0 Å². The molecule has 0 aromatic rings. The molecule has 11 heteroatoms. The summed E-state index contributed by atoms with van der Waals surface area (Å²) in [5.41, 5.74) is 0. The van der Waals surface area contributed by atoms with Crippen molar-refractivity contribution in [1.29, 1.82) is 0 Å². The van der Waals surface area contributed by atoms with Gasteiger partial charge in [0.1, 0.15) is 0 Å². The summed E-state index contributed by atoms with van der Waals surface area (Å²) in [5.74, 6) is -15.0. The van der Waals surface area contributed by atoms with E-state index >= 15 is 0 Å². The van der Waals surface area contributed by atoms with E-state index in [1.165, 1.54) is 0 Å². The third-order valence-corrected chi connectivity index (χ3v) is 1.96. The van der Waals surface area contributed by atoms with Gasteiger partial charge in [0.25, 0.3) is 5.92 Å². The fraction of sp³-hybridized carbons (Fsp3) is 0.545. The molecule has 0 saturated carbocycles. The number of Topliss-reactive ketones (excluding diaryl/α,β-unsaturated/α-hetero) is 1. The van der Waals surface area contributed by atoms with Gasteiger partial charge in [0.2, 0.25) is 11.7 Å². The third-order valence-electron chi connectivity index (χ3n) is 1.96. The normalized spacial score (nSPS) is 11.3. The standard InChI is InChI=1S/C7H7F7.C4H3F3O/c1-2-6(11,12)3-7(13,14)4(8)5(9)10;1-2(8)3(5)4(6)7/h2-3H2,1H3;1H3. The van der Waals surface area contributed by atoms with Crippen LogP contribution in [0.1, 0.15) is 26.7 Å². The van der Waals surface area contributed by atoms with Crippen molar-refractivity contribution < 1.29 is 48.7 Å². The van der Waals surface area contributed by atoms with E-state index in [1.54, 1.807) is 0 Å². The van der Waals surface area contributed by atoms with Crippen molar-refractivity contribution in [1.82, 2.24) is 0 Å². The number of hydrogen-bond donors (Lipinski definition) is 0. The van der Waals surface area contributed by atoms with Crippen LogP contribution in [0.2, 0.25) is 0 Å². The Morgan fingerprint density at radius 3 is 1.45 bits per heavy atom. The van der Waals surface area contributed by atoms with Crippen LogP contribution in [0.15, 0.2) is 23.8 Å². The Balaban J connectivity index is 0. The summed E-state index contributed by atoms with van der Waals surface area (Å²) in [7, 11) is 0. The highest BCUT2D eigenvalue weighted by atomic mass is 19.3. The maximum absolute atomic E-state index is 12.4. The minimum Gasteiger partial charge on any atom is -0.292 e. The van der Waals surface area contributed by atoms with Crippen LogP contribution in [0, 0.1) is 0 Å². The van der Waals surface area contributed by atoms with Crippen LogP contribution in [0.5, 0.6) is 0 Å². The van der Waals surface area contributed by atoms with E-state index in [2.05, 4.69) is 0 Å². The van der Waals surface area contributed by atoms with Gasteiger partial charge in [-0.1, -0.05) is 6.92 Å². The van der Waals surface area contributed by atoms with E-state index in [9.17, 15) is 48.7 Å². The largest absolute Gasteiger partial charge is 0.309 e. The van der Waals surface area contributed by atoms with Gasteiger partial charge in [-0.25, -0.2) is 8.78 Å². The Bertz CT molecular complexity index is 444. The molecule has 0 unspecified atom stereocenters. The Labute approximate surface area is 118 Å². The van der Waals surface area contributed by atoms with Crippen LogP contribution in [-0.4, -0.2) is 17.6 Å². The predicted molar refractivity (Wildman–Crippen MR) is 56.2 cm³/mol. The third kappa shape index (κ3) is 8.67. The Hall–Kier alpha value is -1.55. The molecule has 0 fully saturated rings. The predicted octanol–water partition coefficient (Wildman–Crippen LogP) is 5.79. The maximum atomic E-state index is 12.4. The van der Waals surface area contributed by atoms with E-state index in [1.807, 2.05) is 0 Å². The van der Waals surface area contributed by atoms with E-state index < -0.39 is 54.3 Å². The molecular weight excluding hydrogens is 338 g/mol. The lowest BCUT2D eigenvalue weighted by molar-refractivity contribution is -0.115. The monoisotopic (exact) mass is 348 g/mol. The van der Waals surface area contributed by atoms with Gasteiger partial charge in [-0.05, 0) is 0 Å². The SMILES string of the molecule is CC(=O)C(F)=C(F)F.CCC(F)(F)CC(F)(F)C(F)=C(F)F. The molecule has 0 aliphatic heterocycles. The molecule has 0 spiro atoms. The maximum Gasteiger partial charge on any atom is 0.309 e. The molecule has 1 nitrogen and oxygen atoms in total. The molecule has 0 aromatic heterocycles. The van der Waals surface area contributed by atoms with Crippen LogP contribution in [-0.2, 0) is 4.79 Å². The smallest absolute Gasteiger partial charge is 0.292 e. The summed E-state index contributed by atoms with van der Waals surface area (Å²) in [6, 6.07) is 0. The molecule has 22 heavy (non-hydrogen) atoms. The Kier molecular flexibility index (Phi) is 9.08. The van der Waals surface area contributed by atoms with Gasteiger partial charge >= 0.3 is 18.1 Å². The number of allylic oxidation sites excluding steroid dienone is 2. The second kappa shape index (κ2) is 8.79. The van der Waals surface area contributed by atoms with Crippen LogP contribution in [0.4, 0.5) is 43.9 Å². The van der Waals surface area contributed by atoms with Gasteiger partial charge in [-0.2, -0.15) is 35.1 Å². The topological polar surface area (TPSA) is 17.1 Å². The molecule has 0 amide bonds. The van der Waals surface area contributed by atoms with Crippen molar-refractivity contribution in [3.8, 4) is 0 Å². The first-order valence-electron chi connectivity index (χ1n) is 5.36. The summed E-state index contributed by atoms with van der Waals surface area (Å²) in [5, 5.41) is 0. The van der Waals surface area contributed by atoms with Crippen molar-refractivity contribution in [2.75, 3.05) is 0 Å². The van der Waals surface area contributed by atoms with Gasteiger partial charge in [-0.15, -0.1) is 0 Å². The van der Waals surface area contributed by atoms with Crippen molar-refractivity contribution in [2.24, 2.45) is 0 Å². The molecule has 0 saturated heterocycles. The summed E-state index contributed by atoms with van der Waals surface area (Å²) in [6.45, 7) is 1.62. The minimum atomic E-state index is -4.82. The van der Waals surface area contributed by atoms with Gasteiger partial charge in [0.05, 0.1) is 6.42 Å². The van der Waals surface area contributed by atoms with E-state index in [-0.39, 0.29) is 0 Å². The van der Waals surface area contributed by atoms with E-state index in [4.69, 9.17) is 0 Å².